The molecule has 0 bridgehead atoms. The SMILES string of the molecule is COC(=O)C1CN(c2ncnc3ccc(SC)cc23)Cc2ccc(OC)cc21. The monoisotopic (exact) mass is 395 g/mol. The highest BCUT2D eigenvalue weighted by molar-refractivity contribution is 7.98. The molecule has 0 fully saturated rings. The van der Waals surface area contributed by atoms with E-state index in [0.717, 1.165) is 38.5 Å². The summed E-state index contributed by atoms with van der Waals surface area (Å²) in [5, 5.41) is 0.981. The molecule has 0 aliphatic carbocycles. The second kappa shape index (κ2) is 7.67. The van der Waals surface area contributed by atoms with Gasteiger partial charge in [0.25, 0.3) is 0 Å². The van der Waals surface area contributed by atoms with Gasteiger partial charge in [-0.3, -0.25) is 4.79 Å². The Labute approximate surface area is 167 Å². The van der Waals surface area contributed by atoms with Crippen molar-refractivity contribution in [3.63, 3.8) is 0 Å². The van der Waals surface area contributed by atoms with Gasteiger partial charge in [-0.15, -0.1) is 11.8 Å². The summed E-state index contributed by atoms with van der Waals surface area (Å²) in [6, 6.07) is 12.0. The smallest absolute Gasteiger partial charge is 0.314 e. The Morgan fingerprint density at radius 1 is 1.18 bits per heavy atom. The molecule has 2 aromatic carbocycles. The van der Waals surface area contributed by atoms with E-state index in [1.807, 2.05) is 30.5 Å². The van der Waals surface area contributed by atoms with Crippen LogP contribution in [0.4, 0.5) is 5.82 Å². The van der Waals surface area contributed by atoms with Gasteiger partial charge in [0.05, 0.1) is 25.7 Å². The molecule has 1 aliphatic rings. The van der Waals surface area contributed by atoms with Gasteiger partial charge < -0.3 is 14.4 Å². The number of benzene rings is 2. The van der Waals surface area contributed by atoms with Gasteiger partial charge in [0, 0.05) is 23.4 Å². The molecule has 7 heteroatoms. The topological polar surface area (TPSA) is 64.5 Å². The van der Waals surface area contributed by atoms with Crippen molar-refractivity contribution in [3.8, 4) is 5.75 Å². The Morgan fingerprint density at radius 3 is 2.79 bits per heavy atom. The average molecular weight is 395 g/mol. The third kappa shape index (κ3) is 3.26. The predicted molar refractivity (Wildman–Crippen MR) is 110 cm³/mol. The summed E-state index contributed by atoms with van der Waals surface area (Å²) in [6.07, 6.45) is 3.62. The molecule has 3 aromatic rings. The summed E-state index contributed by atoms with van der Waals surface area (Å²) in [5.74, 6) is 0.898. The summed E-state index contributed by atoms with van der Waals surface area (Å²) in [4.78, 5) is 24.8. The molecule has 0 N–H and O–H groups in total. The maximum Gasteiger partial charge on any atom is 0.314 e. The highest BCUT2D eigenvalue weighted by atomic mass is 32.2. The molecule has 144 valence electrons. The van der Waals surface area contributed by atoms with Crippen LogP contribution in [0.2, 0.25) is 0 Å². The number of methoxy groups -OCH3 is 2. The van der Waals surface area contributed by atoms with Crippen molar-refractivity contribution >= 4 is 34.5 Å². The molecule has 1 aliphatic heterocycles. The van der Waals surface area contributed by atoms with E-state index in [2.05, 4.69) is 27.0 Å². The lowest BCUT2D eigenvalue weighted by Gasteiger charge is -2.34. The van der Waals surface area contributed by atoms with Crippen LogP contribution in [0.15, 0.2) is 47.6 Å². The van der Waals surface area contributed by atoms with Crippen LogP contribution in [-0.2, 0) is 16.1 Å². The largest absolute Gasteiger partial charge is 0.497 e. The number of anilines is 1. The molecule has 2 heterocycles. The molecule has 0 saturated heterocycles. The molecule has 0 saturated carbocycles. The number of esters is 1. The molecule has 0 amide bonds. The molecule has 28 heavy (non-hydrogen) atoms. The van der Waals surface area contributed by atoms with Crippen molar-refractivity contribution in [2.75, 3.05) is 31.9 Å². The van der Waals surface area contributed by atoms with Crippen LogP contribution in [0.25, 0.3) is 10.9 Å². The number of nitrogens with zero attached hydrogens (tertiary/aromatic N) is 3. The van der Waals surface area contributed by atoms with Gasteiger partial charge >= 0.3 is 5.97 Å². The van der Waals surface area contributed by atoms with Crippen LogP contribution in [0.5, 0.6) is 5.75 Å². The quantitative estimate of drug-likeness (QED) is 0.494. The number of carbonyl (C=O) groups excluding carboxylic acids is 1. The van der Waals surface area contributed by atoms with Crippen LogP contribution in [-0.4, -0.2) is 43.0 Å². The fourth-order valence-electron chi connectivity index (χ4n) is 3.66. The third-order valence-electron chi connectivity index (χ3n) is 5.10. The maximum absolute atomic E-state index is 12.5. The second-order valence-electron chi connectivity index (χ2n) is 6.60. The van der Waals surface area contributed by atoms with Gasteiger partial charge in [-0.1, -0.05) is 6.07 Å². The van der Waals surface area contributed by atoms with E-state index in [1.165, 1.54) is 7.11 Å². The fourth-order valence-corrected chi connectivity index (χ4v) is 4.10. The lowest BCUT2D eigenvalue weighted by Crippen LogP contribution is -2.38. The summed E-state index contributed by atoms with van der Waals surface area (Å²) in [5.41, 5.74) is 2.90. The van der Waals surface area contributed by atoms with Crippen LogP contribution >= 0.6 is 11.8 Å². The minimum absolute atomic E-state index is 0.262. The van der Waals surface area contributed by atoms with E-state index < -0.39 is 5.92 Å². The van der Waals surface area contributed by atoms with Gasteiger partial charge in [-0.05, 0) is 47.7 Å². The van der Waals surface area contributed by atoms with E-state index in [1.54, 1.807) is 25.2 Å². The molecular weight excluding hydrogens is 374 g/mol. The zero-order valence-corrected chi connectivity index (χ0v) is 16.8. The van der Waals surface area contributed by atoms with Crippen molar-refractivity contribution in [2.24, 2.45) is 0 Å². The van der Waals surface area contributed by atoms with Gasteiger partial charge in [0.2, 0.25) is 0 Å². The molecule has 0 radical (unpaired) electrons. The molecule has 0 spiro atoms. The summed E-state index contributed by atoms with van der Waals surface area (Å²) < 4.78 is 10.4. The first-order valence-corrected chi connectivity index (χ1v) is 10.2. The first-order chi connectivity index (χ1) is 13.6. The highest BCUT2D eigenvalue weighted by Crippen LogP contribution is 2.36. The normalized spacial score (nSPS) is 16.0. The van der Waals surface area contributed by atoms with Crippen LogP contribution in [0, 0.1) is 0 Å². The average Bonchev–Trinajstić information content (AvgIpc) is 2.76. The van der Waals surface area contributed by atoms with Gasteiger partial charge in [-0.2, -0.15) is 0 Å². The zero-order chi connectivity index (χ0) is 19.7. The zero-order valence-electron chi connectivity index (χ0n) is 16.0. The molecule has 4 rings (SSSR count). The number of ether oxygens (including phenoxy) is 2. The van der Waals surface area contributed by atoms with E-state index in [9.17, 15) is 4.79 Å². The predicted octanol–water partition coefficient (Wildman–Crippen LogP) is 3.64. The van der Waals surface area contributed by atoms with Crippen molar-refractivity contribution in [1.82, 2.24) is 9.97 Å². The Bertz CT molecular complexity index is 1040. The highest BCUT2D eigenvalue weighted by Gasteiger charge is 2.33. The number of carbonyl (C=O) groups is 1. The van der Waals surface area contributed by atoms with Gasteiger partial charge in [-0.25, -0.2) is 9.97 Å². The third-order valence-corrected chi connectivity index (χ3v) is 5.82. The number of fused-ring (bicyclic) bond motifs is 2. The molecule has 1 atom stereocenters. The van der Waals surface area contributed by atoms with Crippen molar-refractivity contribution in [2.45, 2.75) is 17.4 Å². The Morgan fingerprint density at radius 2 is 2.04 bits per heavy atom. The number of aromatic nitrogens is 2. The van der Waals surface area contributed by atoms with Crippen LogP contribution < -0.4 is 9.64 Å². The maximum atomic E-state index is 12.5. The second-order valence-corrected chi connectivity index (χ2v) is 7.48. The molecular formula is C21H21N3O3S. The van der Waals surface area contributed by atoms with E-state index >= 15 is 0 Å². The van der Waals surface area contributed by atoms with E-state index in [4.69, 9.17) is 9.47 Å². The number of hydrogen-bond donors (Lipinski definition) is 0. The van der Waals surface area contributed by atoms with Crippen molar-refractivity contribution in [1.29, 1.82) is 0 Å². The van der Waals surface area contributed by atoms with Gasteiger partial charge in [0.15, 0.2) is 0 Å². The minimum Gasteiger partial charge on any atom is -0.497 e. The summed E-state index contributed by atoms with van der Waals surface area (Å²) in [6.45, 7) is 1.14. The minimum atomic E-state index is -0.405. The van der Waals surface area contributed by atoms with E-state index in [0.29, 0.717) is 13.1 Å². The number of rotatable bonds is 4. The lowest BCUT2D eigenvalue weighted by atomic mass is 9.89. The van der Waals surface area contributed by atoms with E-state index in [-0.39, 0.29) is 5.97 Å². The number of hydrogen-bond acceptors (Lipinski definition) is 7. The first kappa shape index (κ1) is 18.6. The summed E-state index contributed by atoms with van der Waals surface area (Å²) in [7, 11) is 3.05. The lowest BCUT2D eigenvalue weighted by molar-refractivity contribution is -0.142. The molecule has 1 unspecified atom stereocenters. The summed E-state index contributed by atoms with van der Waals surface area (Å²) >= 11 is 1.68. The van der Waals surface area contributed by atoms with Crippen LogP contribution in [0.1, 0.15) is 17.0 Å². The number of thioether (sulfide) groups is 1. The Balaban J connectivity index is 1.81. The fraction of sp³-hybridized carbons (Fsp3) is 0.286. The molecule has 1 aromatic heterocycles. The standard InChI is InChI=1S/C21H21N3O3S/c1-26-14-5-4-13-10-24(11-18(16(13)8-14)21(25)27-2)20-17-9-15(28-3)6-7-19(17)22-12-23-20/h4-9,12,18H,10-11H2,1-3H3. The Hall–Kier alpha value is -2.80. The first-order valence-electron chi connectivity index (χ1n) is 8.93. The van der Waals surface area contributed by atoms with Crippen LogP contribution in [0.3, 0.4) is 0 Å². The Kier molecular flexibility index (Phi) is 5.09. The molecule has 6 nitrogen and oxygen atoms in total. The van der Waals surface area contributed by atoms with Crippen molar-refractivity contribution in [3.05, 3.63) is 53.9 Å². The van der Waals surface area contributed by atoms with Crippen molar-refractivity contribution < 1.29 is 14.3 Å². The van der Waals surface area contributed by atoms with Gasteiger partial charge in [0.1, 0.15) is 17.9 Å².